The molecule has 0 bridgehead atoms. The first-order valence-electron chi connectivity index (χ1n) is 14.0. The predicted octanol–water partition coefficient (Wildman–Crippen LogP) is 5.86. The Kier molecular flexibility index (Phi) is 7.66. The van der Waals surface area contributed by atoms with Crippen molar-refractivity contribution in [2.45, 2.75) is 69.6 Å². The van der Waals surface area contributed by atoms with Crippen LogP contribution < -0.4 is 5.32 Å². The van der Waals surface area contributed by atoms with E-state index in [0.29, 0.717) is 47.8 Å². The van der Waals surface area contributed by atoms with Crippen molar-refractivity contribution in [1.29, 1.82) is 0 Å². The second-order valence-corrected chi connectivity index (χ2v) is 12.5. The van der Waals surface area contributed by atoms with E-state index in [4.69, 9.17) is 0 Å². The van der Waals surface area contributed by atoms with Crippen LogP contribution in [0.1, 0.15) is 62.4 Å². The number of H-pyrrole nitrogens is 1. The van der Waals surface area contributed by atoms with E-state index in [1.165, 1.54) is 18.9 Å². The molecule has 0 aliphatic heterocycles. The van der Waals surface area contributed by atoms with Gasteiger partial charge in [0.25, 0.3) is 0 Å². The van der Waals surface area contributed by atoms with Crippen molar-refractivity contribution in [3.05, 3.63) is 48.2 Å². The fourth-order valence-electron chi connectivity index (χ4n) is 5.82. The zero-order valence-electron chi connectivity index (χ0n) is 22.5. The highest BCUT2D eigenvalue weighted by molar-refractivity contribution is 7.88. The minimum Gasteiger partial charge on any atom is -0.598 e. The second kappa shape index (κ2) is 11.2. The minimum atomic E-state index is -4.38. The van der Waals surface area contributed by atoms with Crippen LogP contribution in [0.5, 0.6) is 0 Å². The van der Waals surface area contributed by atoms with Gasteiger partial charge in [0.15, 0.2) is 0 Å². The summed E-state index contributed by atoms with van der Waals surface area (Å²) in [6.45, 7) is 1.49. The molecule has 6 rings (SSSR count). The molecule has 2 saturated carbocycles. The van der Waals surface area contributed by atoms with Gasteiger partial charge in [-0.15, -0.1) is 4.31 Å². The molecule has 4 aromatic rings. The first kappa shape index (κ1) is 27.3. The molecule has 3 atom stereocenters. The number of halogens is 3. The molecule has 2 aliphatic carbocycles. The number of nitrogens with one attached hydrogen (secondary N) is 2. The van der Waals surface area contributed by atoms with Gasteiger partial charge in [-0.05, 0) is 75.1 Å². The number of hydrogen-bond acceptors (Lipinski definition) is 6. The lowest BCUT2D eigenvalue weighted by molar-refractivity contribution is -0.137. The van der Waals surface area contributed by atoms with Crippen LogP contribution in [0.15, 0.2) is 36.8 Å². The number of benzene rings is 1. The van der Waals surface area contributed by atoms with Crippen LogP contribution in [0, 0.1) is 5.92 Å². The third kappa shape index (κ3) is 6.08. The molecule has 0 saturated heterocycles. The molecule has 2 unspecified atom stereocenters. The number of hydrogen-bond donors (Lipinski definition) is 2. The number of unbranched alkanes of at least 4 members (excludes halogenated alkanes) is 1. The Bertz CT molecular complexity index is 1470. The van der Waals surface area contributed by atoms with E-state index >= 15 is 0 Å². The number of nitrogens with zero attached hydrogens (tertiary/aromatic N) is 5. The standard InChI is InChI=1S/C28H34F3N7OS/c1-40(39)37(12-3-2-4-25-35-23-10-6-19(28(29,30)31)15-24(23)36-25)16-18-5-9-21(14-18)38-13-11-22-26(34-20-7-8-20)32-17-33-27(22)38/h6,10-11,13,15,17-18,20-21H,2-5,7-9,12,14,16H2,1H3,(H,35,36)(H,32,33,34)/t18?,21-,40?/m0/s1. The molecule has 1 aromatic carbocycles. The third-order valence-corrected chi connectivity index (χ3v) is 9.15. The summed E-state index contributed by atoms with van der Waals surface area (Å²) in [6, 6.07) is 6.59. The smallest absolute Gasteiger partial charge is 0.416 e. The highest BCUT2D eigenvalue weighted by Crippen LogP contribution is 2.38. The van der Waals surface area contributed by atoms with Crippen LogP contribution >= 0.6 is 0 Å². The lowest BCUT2D eigenvalue weighted by atomic mass is 10.1. The van der Waals surface area contributed by atoms with Crippen molar-refractivity contribution in [2.75, 3.05) is 24.7 Å². The van der Waals surface area contributed by atoms with Gasteiger partial charge in [-0.2, -0.15) is 13.2 Å². The number of anilines is 1. The van der Waals surface area contributed by atoms with Crippen molar-refractivity contribution in [3.63, 3.8) is 0 Å². The third-order valence-electron chi connectivity index (χ3n) is 8.09. The molecular formula is C28H34F3N7OS. The Labute approximate surface area is 234 Å². The fourth-order valence-corrected chi connectivity index (χ4v) is 6.62. The largest absolute Gasteiger partial charge is 0.598 e. The summed E-state index contributed by atoms with van der Waals surface area (Å²) in [6.07, 6.45) is 8.93. The zero-order chi connectivity index (χ0) is 27.9. The Morgan fingerprint density at radius 3 is 2.77 bits per heavy atom. The van der Waals surface area contributed by atoms with Gasteiger partial charge in [0.05, 0.1) is 22.0 Å². The SMILES string of the molecule is C[S+]([O-])N(CCCCc1nc2cc(C(F)(F)F)ccc2[nH]1)CC1CC[C@H](n2ccc3c(NC4CC4)ncnc32)C1. The number of fused-ring (bicyclic) bond motifs is 2. The maximum absolute atomic E-state index is 13.0. The normalized spacial score (nSPS) is 20.6. The van der Waals surface area contributed by atoms with Crippen LogP contribution in [-0.2, 0) is 24.0 Å². The summed E-state index contributed by atoms with van der Waals surface area (Å²) >= 11 is -1.08. The Morgan fingerprint density at radius 1 is 1.15 bits per heavy atom. The van der Waals surface area contributed by atoms with Gasteiger partial charge >= 0.3 is 6.18 Å². The summed E-state index contributed by atoms with van der Waals surface area (Å²) in [5, 5.41) is 4.58. The van der Waals surface area contributed by atoms with Gasteiger partial charge < -0.3 is 19.4 Å². The predicted molar refractivity (Wildman–Crippen MR) is 150 cm³/mol. The molecule has 3 aromatic heterocycles. The van der Waals surface area contributed by atoms with E-state index in [1.54, 1.807) is 12.6 Å². The quantitative estimate of drug-likeness (QED) is 0.172. The van der Waals surface area contributed by atoms with Crippen LogP contribution in [0.25, 0.3) is 22.1 Å². The molecule has 0 spiro atoms. The van der Waals surface area contributed by atoms with E-state index in [2.05, 4.69) is 46.4 Å². The van der Waals surface area contributed by atoms with E-state index in [0.717, 1.165) is 67.6 Å². The molecule has 214 valence electrons. The maximum atomic E-state index is 13.0. The molecule has 3 heterocycles. The van der Waals surface area contributed by atoms with Gasteiger partial charge in [-0.1, -0.05) is 0 Å². The van der Waals surface area contributed by atoms with Crippen LogP contribution in [0.3, 0.4) is 0 Å². The highest BCUT2D eigenvalue weighted by Gasteiger charge is 2.32. The first-order chi connectivity index (χ1) is 19.2. The number of aromatic nitrogens is 5. The molecule has 2 aliphatic rings. The van der Waals surface area contributed by atoms with Gasteiger partial charge in [0.1, 0.15) is 29.9 Å². The maximum Gasteiger partial charge on any atom is 0.416 e. The number of aryl methyl sites for hydroxylation is 1. The van der Waals surface area contributed by atoms with E-state index in [-0.39, 0.29) is 0 Å². The lowest BCUT2D eigenvalue weighted by Crippen LogP contribution is -2.35. The van der Waals surface area contributed by atoms with Gasteiger partial charge in [-0.3, -0.25) is 0 Å². The molecule has 40 heavy (non-hydrogen) atoms. The number of imidazole rings is 1. The van der Waals surface area contributed by atoms with Gasteiger partial charge in [0, 0.05) is 49.2 Å². The molecule has 2 fully saturated rings. The topological polar surface area (TPSA) is 97.7 Å². The molecular weight excluding hydrogens is 539 g/mol. The Morgan fingerprint density at radius 2 is 2.00 bits per heavy atom. The average molecular weight is 574 g/mol. The van der Waals surface area contributed by atoms with Gasteiger partial charge in [0.2, 0.25) is 0 Å². The van der Waals surface area contributed by atoms with Crippen molar-refractivity contribution < 1.29 is 17.7 Å². The molecule has 2 N–H and O–H groups in total. The highest BCUT2D eigenvalue weighted by atomic mass is 32.2. The lowest BCUT2D eigenvalue weighted by Gasteiger charge is -2.24. The summed E-state index contributed by atoms with van der Waals surface area (Å²) in [5.41, 5.74) is 1.21. The van der Waals surface area contributed by atoms with Gasteiger partial charge in [-0.25, -0.2) is 15.0 Å². The van der Waals surface area contributed by atoms with Crippen molar-refractivity contribution in [3.8, 4) is 0 Å². The first-order valence-corrected chi connectivity index (χ1v) is 15.5. The van der Waals surface area contributed by atoms with Crippen LogP contribution in [-0.4, -0.2) is 58.7 Å². The van der Waals surface area contributed by atoms with Crippen molar-refractivity contribution >= 4 is 39.2 Å². The second-order valence-electron chi connectivity index (χ2n) is 11.1. The summed E-state index contributed by atoms with van der Waals surface area (Å²) in [7, 11) is 0. The van der Waals surface area contributed by atoms with Crippen LogP contribution in [0.4, 0.5) is 19.0 Å². The Hall–Kier alpha value is -2.83. The number of rotatable bonds is 11. The van der Waals surface area contributed by atoms with E-state index < -0.39 is 23.1 Å². The molecule has 12 heteroatoms. The summed E-state index contributed by atoms with van der Waals surface area (Å²) in [5.74, 6) is 2.05. The molecule has 0 radical (unpaired) electrons. The van der Waals surface area contributed by atoms with E-state index in [1.807, 2.05) is 0 Å². The average Bonchev–Trinajstić information content (AvgIpc) is 3.28. The Balaban J connectivity index is 1.01. The zero-order valence-corrected chi connectivity index (χ0v) is 23.3. The summed E-state index contributed by atoms with van der Waals surface area (Å²) < 4.78 is 55.8. The summed E-state index contributed by atoms with van der Waals surface area (Å²) in [4.78, 5) is 16.5. The monoisotopic (exact) mass is 573 g/mol. The van der Waals surface area contributed by atoms with Crippen LogP contribution in [0.2, 0.25) is 0 Å². The minimum absolute atomic E-state index is 0.328. The fraction of sp³-hybridized carbons (Fsp3) is 0.536. The van der Waals surface area contributed by atoms with Crippen molar-refractivity contribution in [2.24, 2.45) is 5.92 Å². The molecule has 8 nitrogen and oxygen atoms in total. The van der Waals surface area contributed by atoms with Crippen molar-refractivity contribution in [1.82, 2.24) is 28.8 Å². The molecule has 0 amide bonds. The number of alkyl halides is 3. The number of aromatic amines is 1. The van der Waals surface area contributed by atoms with E-state index in [9.17, 15) is 17.7 Å².